The van der Waals surface area contributed by atoms with Crippen LogP contribution in [0.3, 0.4) is 0 Å². The molecule has 0 aliphatic heterocycles. The molecule has 1 aliphatic carbocycles. The molecule has 0 heterocycles. The van der Waals surface area contributed by atoms with Gasteiger partial charge in [0, 0.05) is 0 Å². The van der Waals surface area contributed by atoms with Crippen LogP contribution in [0.1, 0.15) is 55.0 Å². The van der Waals surface area contributed by atoms with Gasteiger partial charge >= 0.3 is 0 Å². The molecule has 1 aliphatic rings. The molecule has 4 rings (SSSR count). The number of benzene rings is 3. The molecule has 0 atom stereocenters. The Morgan fingerprint density at radius 3 is 2.18 bits per heavy atom. The normalized spacial score (nSPS) is 13.4. The minimum Gasteiger partial charge on any atom is -0.0648 e. The van der Waals surface area contributed by atoms with Crippen LogP contribution in [0, 0.1) is 6.92 Å². The van der Waals surface area contributed by atoms with Crippen LogP contribution in [0.4, 0.5) is 0 Å². The Balaban J connectivity index is 1.62. The molecule has 0 fully saturated rings. The van der Waals surface area contributed by atoms with Gasteiger partial charge in [0.2, 0.25) is 0 Å². The van der Waals surface area contributed by atoms with Crippen LogP contribution >= 0.6 is 0 Å². The molecule has 0 bridgehead atoms. The molecule has 0 saturated heterocycles. The summed E-state index contributed by atoms with van der Waals surface area (Å²) in [6, 6.07) is 24.6. The number of aryl methyl sites for hydroxylation is 2. The van der Waals surface area contributed by atoms with Crippen molar-refractivity contribution in [1.29, 1.82) is 0 Å². The van der Waals surface area contributed by atoms with Crippen LogP contribution in [0.15, 0.2) is 72.3 Å². The maximum atomic E-state index is 2.46. The minimum atomic E-state index is 0.193. The number of hydrogen-bond donors (Lipinski definition) is 0. The summed E-state index contributed by atoms with van der Waals surface area (Å²) in [7, 11) is 0. The van der Waals surface area contributed by atoms with E-state index in [-0.39, 0.29) is 5.41 Å². The second-order valence-corrected chi connectivity index (χ2v) is 9.11. The first kappa shape index (κ1) is 18.7. The Hall–Kier alpha value is -2.60. The van der Waals surface area contributed by atoms with E-state index in [0.717, 1.165) is 19.3 Å². The standard InChI is InChI=1S/C28H30/c1-20-10-17-25(23-13-15-24(16-14-23)28(2,3)4)27-19-22(18-26(20)27)12-11-21-8-6-5-7-9-21/h5-10,13-17,19H,11-12,18H2,1-4H3. The fourth-order valence-electron chi connectivity index (χ4n) is 4.17. The van der Waals surface area contributed by atoms with Crippen LogP contribution in [0.2, 0.25) is 0 Å². The third-order valence-corrected chi connectivity index (χ3v) is 5.98. The lowest BCUT2D eigenvalue weighted by Gasteiger charge is -2.19. The summed E-state index contributed by atoms with van der Waals surface area (Å²) in [6.45, 7) is 9.06. The summed E-state index contributed by atoms with van der Waals surface area (Å²) in [5, 5.41) is 0. The number of hydrogen-bond acceptors (Lipinski definition) is 0. The fraction of sp³-hybridized carbons (Fsp3) is 0.286. The average molecular weight is 367 g/mol. The van der Waals surface area contributed by atoms with Crippen molar-refractivity contribution in [2.45, 2.75) is 52.4 Å². The van der Waals surface area contributed by atoms with Gasteiger partial charge < -0.3 is 0 Å². The largest absolute Gasteiger partial charge is 0.0648 e. The van der Waals surface area contributed by atoms with Gasteiger partial charge in [-0.15, -0.1) is 0 Å². The third kappa shape index (κ3) is 3.83. The van der Waals surface area contributed by atoms with Crippen molar-refractivity contribution in [2.24, 2.45) is 0 Å². The molecule has 3 aromatic carbocycles. The molecule has 0 unspecified atom stereocenters. The first-order valence-electron chi connectivity index (χ1n) is 10.4. The van der Waals surface area contributed by atoms with E-state index in [2.05, 4.69) is 101 Å². The van der Waals surface area contributed by atoms with Gasteiger partial charge in [-0.05, 0) is 70.5 Å². The van der Waals surface area contributed by atoms with Gasteiger partial charge in [-0.1, -0.05) is 99.2 Å². The average Bonchev–Trinajstić information content (AvgIpc) is 3.12. The van der Waals surface area contributed by atoms with Gasteiger partial charge in [-0.3, -0.25) is 0 Å². The first-order valence-corrected chi connectivity index (χ1v) is 10.4. The zero-order valence-corrected chi connectivity index (χ0v) is 17.5. The Kier molecular flexibility index (Phi) is 4.98. The second kappa shape index (κ2) is 7.43. The summed E-state index contributed by atoms with van der Waals surface area (Å²) < 4.78 is 0. The van der Waals surface area contributed by atoms with E-state index in [4.69, 9.17) is 0 Å². The lowest BCUT2D eigenvalue weighted by molar-refractivity contribution is 0.590. The quantitative estimate of drug-likeness (QED) is 0.447. The van der Waals surface area contributed by atoms with Crippen molar-refractivity contribution < 1.29 is 0 Å². The van der Waals surface area contributed by atoms with Gasteiger partial charge in [0.05, 0.1) is 0 Å². The van der Waals surface area contributed by atoms with Crippen molar-refractivity contribution in [2.75, 3.05) is 0 Å². The highest BCUT2D eigenvalue weighted by Crippen LogP contribution is 2.37. The molecule has 0 aromatic heterocycles. The van der Waals surface area contributed by atoms with Crippen molar-refractivity contribution in [1.82, 2.24) is 0 Å². The molecule has 3 aromatic rings. The monoisotopic (exact) mass is 366 g/mol. The molecule has 0 saturated carbocycles. The van der Waals surface area contributed by atoms with E-state index < -0.39 is 0 Å². The maximum Gasteiger partial charge on any atom is -0.00549 e. The Labute approximate surface area is 169 Å². The van der Waals surface area contributed by atoms with E-state index in [1.807, 2.05) is 0 Å². The van der Waals surface area contributed by atoms with E-state index in [0.29, 0.717) is 0 Å². The lowest BCUT2D eigenvalue weighted by atomic mass is 9.85. The first-order chi connectivity index (χ1) is 13.4. The van der Waals surface area contributed by atoms with Gasteiger partial charge in [0.25, 0.3) is 0 Å². The Morgan fingerprint density at radius 2 is 1.50 bits per heavy atom. The lowest BCUT2D eigenvalue weighted by Crippen LogP contribution is -2.10. The zero-order chi connectivity index (χ0) is 19.7. The Morgan fingerprint density at radius 1 is 0.786 bits per heavy atom. The molecular formula is C28H30. The fourth-order valence-corrected chi connectivity index (χ4v) is 4.17. The second-order valence-electron chi connectivity index (χ2n) is 9.11. The van der Waals surface area contributed by atoms with Gasteiger partial charge in [-0.25, -0.2) is 0 Å². The van der Waals surface area contributed by atoms with Crippen LogP contribution in [-0.4, -0.2) is 0 Å². The summed E-state index contributed by atoms with van der Waals surface area (Å²) >= 11 is 0. The summed E-state index contributed by atoms with van der Waals surface area (Å²) in [5.74, 6) is 0. The predicted octanol–water partition coefficient (Wildman–Crippen LogP) is 7.53. The molecule has 0 radical (unpaired) electrons. The molecule has 0 amide bonds. The molecule has 142 valence electrons. The maximum absolute atomic E-state index is 2.46. The van der Waals surface area contributed by atoms with Crippen LogP contribution < -0.4 is 0 Å². The molecule has 28 heavy (non-hydrogen) atoms. The number of fused-ring (bicyclic) bond motifs is 1. The van der Waals surface area contributed by atoms with Crippen LogP contribution in [-0.2, 0) is 18.3 Å². The van der Waals surface area contributed by atoms with Gasteiger partial charge in [-0.2, -0.15) is 0 Å². The number of rotatable bonds is 4. The predicted molar refractivity (Wildman–Crippen MR) is 122 cm³/mol. The minimum absolute atomic E-state index is 0.193. The highest BCUT2D eigenvalue weighted by Gasteiger charge is 2.19. The van der Waals surface area contributed by atoms with E-state index in [1.54, 1.807) is 5.57 Å². The molecule has 0 spiro atoms. The highest BCUT2D eigenvalue weighted by molar-refractivity contribution is 5.81. The summed E-state index contributed by atoms with van der Waals surface area (Å²) in [6.07, 6.45) is 5.82. The molecule has 0 nitrogen and oxygen atoms in total. The van der Waals surface area contributed by atoms with Crippen molar-refractivity contribution >= 4 is 6.08 Å². The van der Waals surface area contributed by atoms with E-state index in [1.165, 1.54) is 38.9 Å². The summed E-state index contributed by atoms with van der Waals surface area (Å²) in [5.41, 5.74) is 11.6. The molecule has 0 heteroatoms. The van der Waals surface area contributed by atoms with Gasteiger partial charge in [0.15, 0.2) is 0 Å². The molecular weight excluding hydrogens is 336 g/mol. The topological polar surface area (TPSA) is 0 Å². The van der Waals surface area contributed by atoms with Crippen LogP contribution in [0.25, 0.3) is 17.2 Å². The third-order valence-electron chi connectivity index (χ3n) is 5.98. The number of allylic oxidation sites excluding steroid dienone is 1. The van der Waals surface area contributed by atoms with Crippen molar-refractivity contribution in [3.05, 3.63) is 100 Å². The SMILES string of the molecule is Cc1ccc(-c2ccc(C(C)(C)C)cc2)c2c1CC(CCc1ccccc1)=C2. The van der Waals surface area contributed by atoms with Gasteiger partial charge in [0.1, 0.15) is 0 Å². The smallest absolute Gasteiger partial charge is 0.00549 e. The van der Waals surface area contributed by atoms with E-state index in [9.17, 15) is 0 Å². The van der Waals surface area contributed by atoms with Crippen LogP contribution in [0.5, 0.6) is 0 Å². The molecule has 0 N–H and O–H groups in total. The van der Waals surface area contributed by atoms with E-state index >= 15 is 0 Å². The zero-order valence-electron chi connectivity index (χ0n) is 17.5. The highest BCUT2D eigenvalue weighted by atomic mass is 14.2. The summed E-state index contributed by atoms with van der Waals surface area (Å²) in [4.78, 5) is 0. The van der Waals surface area contributed by atoms with Crippen molar-refractivity contribution in [3.63, 3.8) is 0 Å². The van der Waals surface area contributed by atoms with Crippen molar-refractivity contribution in [3.8, 4) is 11.1 Å². The Bertz CT molecular complexity index is 996.